The Balaban J connectivity index is 1.16. The third-order valence-electron chi connectivity index (χ3n) is 21.2. The molecule has 0 unspecified atom stereocenters. The van der Waals surface area contributed by atoms with Crippen LogP contribution in [0.5, 0.6) is 0 Å². The van der Waals surface area contributed by atoms with E-state index >= 15 is 0 Å². The van der Waals surface area contributed by atoms with Gasteiger partial charge in [0.05, 0.1) is 0 Å². The Morgan fingerprint density at radius 2 is 0.388 bits per heavy atom. The largest absolute Gasteiger partial charge is 0.311 e. The molecule has 0 N–H and O–H groups in total. The van der Waals surface area contributed by atoms with Crippen molar-refractivity contribution in [3.63, 3.8) is 0 Å². The summed E-state index contributed by atoms with van der Waals surface area (Å²) in [6.07, 6.45) is 0. The SMILES string of the molecule is Cc1cc(C)c(-c2cc3c4c(c2)[Si]2(c5ccccc5-c5ccccc52)c2cc(-c5c(C)cc(C)cc5C)cc5c2N4c2c(cc(-c4c(C)cc(C)cc4C)cc2[Si]52c4ccccc4-c4ccccc42)[Si]32c3ccccc3-c3ccccc32)c(C)c1. The Hall–Kier alpha value is -8.91. The molecule has 0 saturated carbocycles. The van der Waals surface area contributed by atoms with Crippen molar-refractivity contribution < 1.29 is 0 Å². The van der Waals surface area contributed by atoms with Crippen molar-refractivity contribution in [3.05, 3.63) is 268 Å². The van der Waals surface area contributed by atoms with Gasteiger partial charge in [-0.15, -0.1) is 0 Å². The maximum Gasteiger partial charge on any atom is 0.185 e. The molecule has 0 radical (unpaired) electrons. The summed E-state index contributed by atoms with van der Waals surface area (Å²) in [5.41, 5.74) is 32.6. The highest BCUT2D eigenvalue weighted by Gasteiger charge is 2.66. The van der Waals surface area contributed by atoms with Crippen molar-refractivity contribution in [3.8, 4) is 66.8 Å². The van der Waals surface area contributed by atoms with Gasteiger partial charge in [0, 0.05) is 17.1 Å². The summed E-state index contributed by atoms with van der Waals surface area (Å²) in [7, 11) is -10.2. The Morgan fingerprint density at radius 1 is 0.212 bits per heavy atom. The van der Waals surface area contributed by atoms with E-state index in [-0.39, 0.29) is 0 Å². The lowest BCUT2D eigenvalue weighted by molar-refractivity contribution is 1.29. The first-order valence-electron chi connectivity index (χ1n) is 30.6. The topological polar surface area (TPSA) is 3.24 Å². The number of aryl methyl sites for hydroxylation is 9. The number of fused-ring (bicyclic) bond motifs is 21. The molecule has 4 heteroatoms. The second kappa shape index (κ2) is 16.9. The van der Waals surface area contributed by atoms with Crippen molar-refractivity contribution in [2.24, 2.45) is 0 Å². The van der Waals surface area contributed by atoms with E-state index in [0.29, 0.717) is 0 Å². The smallest absolute Gasteiger partial charge is 0.185 e. The molecular weight excluding hydrogens is 1070 g/mol. The van der Waals surface area contributed by atoms with Crippen LogP contribution in [0, 0.1) is 62.3 Å². The molecule has 12 aromatic rings. The quantitative estimate of drug-likeness (QED) is 0.159. The van der Waals surface area contributed by atoms with Crippen molar-refractivity contribution in [1.82, 2.24) is 0 Å². The van der Waals surface area contributed by atoms with Crippen LogP contribution in [0.1, 0.15) is 50.1 Å². The van der Waals surface area contributed by atoms with Crippen LogP contribution in [-0.4, -0.2) is 24.2 Å². The van der Waals surface area contributed by atoms with Gasteiger partial charge in [0.15, 0.2) is 24.2 Å². The molecule has 1 nitrogen and oxygen atoms in total. The molecule has 0 aliphatic carbocycles. The van der Waals surface area contributed by atoms with Gasteiger partial charge in [-0.05, 0) is 225 Å². The fraction of sp³-hybridized carbons (Fsp3) is 0.111. The molecule has 0 bridgehead atoms. The second-order valence-electron chi connectivity index (χ2n) is 25.9. The monoisotopic (exact) mass is 1130 g/mol. The minimum atomic E-state index is -3.38. The Kier molecular flexibility index (Phi) is 9.85. The molecule has 0 amide bonds. The third kappa shape index (κ3) is 5.88. The van der Waals surface area contributed by atoms with Crippen LogP contribution >= 0.6 is 0 Å². The van der Waals surface area contributed by atoms with E-state index in [1.54, 1.807) is 0 Å². The van der Waals surface area contributed by atoms with Crippen LogP contribution in [0.4, 0.5) is 17.1 Å². The summed E-state index contributed by atoms with van der Waals surface area (Å²) in [5.74, 6) is 0. The van der Waals surface area contributed by atoms with E-state index < -0.39 is 24.2 Å². The molecule has 85 heavy (non-hydrogen) atoms. The Morgan fingerprint density at radius 3 is 0.576 bits per heavy atom. The van der Waals surface area contributed by atoms with Crippen LogP contribution < -0.4 is 67.1 Å². The molecule has 0 aromatic heterocycles. The zero-order valence-corrected chi connectivity index (χ0v) is 52.7. The minimum Gasteiger partial charge on any atom is -0.311 e. The Bertz CT molecular complexity index is 4300. The van der Waals surface area contributed by atoms with Gasteiger partial charge in [0.1, 0.15) is 0 Å². The summed E-state index contributed by atoms with van der Waals surface area (Å²) < 4.78 is 0. The first-order chi connectivity index (χ1) is 41.4. The summed E-state index contributed by atoms with van der Waals surface area (Å²) >= 11 is 0. The van der Waals surface area contributed by atoms with Gasteiger partial charge in [-0.2, -0.15) is 0 Å². The van der Waals surface area contributed by atoms with Gasteiger partial charge in [0.2, 0.25) is 0 Å². The Labute approximate surface area is 502 Å². The van der Waals surface area contributed by atoms with E-state index in [2.05, 4.69) is 286 Å². The van der Waals surface area contributed by atoms with Crippen molar-refractivity contribution in [1.29, 1.82) is 0 Å². The van der Waals surface area contributed by atoms with Crippen molar-refractivity contribution in [2.45, 2.75) is 62.3 Å². The fourth-order valence-electron chi connectivity index (χ4n) is 18.9. The number of benzene rings is 12. The zero-order chi connectivity index (χ0) is 57.3. The minimum absolute atomic E-state index is 1.31. The normalized spacial score (nSPS) is 15.1. The molecule has 0 saturated heterocycles. The fourth-order valence-corrected chi connectivity index (χ4v) is 36.1. The number of anilines is 3. The predicted molar refractivity (Wildman–Crippen MR) is 369 cm³/mol. The highest BCUT2D eigenvalue weighted by atomic mass is 28.3. The number of nitrogens with zero attached hydrogens (tertiary/aromatic N) is 1. The zero-order valence-electron chi connectivity index (χ0n) is 49.7. The maximum absolute atomic E-state index is 3.38. The first kappa shape index (κ1) is 49.5. The van der Waals surface area contributed by atoms with Crippen molar-refractivity contribution in [2.75, 3.05) is 4.90 Å². The van der Waals surface area contributed by atoms with Gasteiger partial charge < -0.3 is 4.90 Å². The lowest BCUT2D eigenvalue weighted by Crippen LogP contribution is -2.85. The average Bonchev–Trinajstić information content (AvgIpc) is 1.63. The molecule has 0 atom stereocenters. The maximum atomic E-state index is 2.97. The van der Waals surface area contributed by atoms with E-state index in [1.165, 1.54) is 196 Å². The highest BCUT2D eigenvalue weighted by molar-refractivity contribution is 7.30. The molecule has 18 rings (SSSR count). The number of rotatable bonds is 3. The molecule has 404 valence electrons. The molecule has 6 aliphatic heterocycles. The van der Waals surface area contributed by atoms with E-state index in [9.17, 15) is 0 Å². The molecule has 12 aromatic carbocycles. The lowest BCUT2D eigenvalue weighted by atomic mass is 9.92. The van der Waals surface area contributed by atoms with Crippen LogP contribution in [-0.2, 0) is 0 Å². The lowest BCUT2D eigenvalue weighted by Gasteiger charge is -2.56. The summed E-state index contributed by atoms with van der Waals surface area (Å²) in [4.78, 5) is 2.97. The molecule has 3 spiro atoms. The molecule has 0 fully saturated rings. The van der Waals surface area contributed by atoms with Crippen LogP contribution in [0.15, 0.2) is 218 Å². The van der Waals surface area contributed by atoms with Crippen LogP contribution in [0.3, 0.4) is 0 Å². The number of hydrogen-bond acceptors (Lipinski definition) is 1. The summed E-state index contributed by atoms with van der Waals surface area (Å²) in [5, 5.41) is 18.2. The number of hydrogen-bond donors (Lipinski definition) is 0. The van der Waals surface area contributed by atoms with E-state index in [4.69, 9.17) is 0 Å². The molecule has 6 heterocycles. The third-order valence-corrected chi connectivity index (χ3v) is 35.8. The van der Waals surface area contributed by atoms with Crippen LogP contribution in [0.2, 0.25) is 0 Å². The summed E-state index contributed by atoms with van der Waals surface area (Å²) in [6, 6.07) is 89.4. The van der Waals surface area contributed by atoms with Gasteiger partial charge in [-0.25, -0.2) is 0 Å². The summed E-state index contributed by atoms with van der Waals surface area (Å²) in [6.45, 7) is 21.0. The van der Waals surface area contributed by atoms with Gasteiger partial charge in [-0.3, -0.25) is 0 Å². The first-order valence-corrected chi connectivity index (χ1v) is 36.6. The second-order valence-corrected chi connectivity index (χ2v) is 36.9. The molecular formula is C81H63NSi3. The predicted octanol–water partition coefficient (Wildman–Crippen LogP) is 11.9. The van der Waals surface area contributed by atoms with Crippen molar-refractivity contribution >= 4 is 104 Å². The van der Waals surface area contributed by atoms with Crippen LogP contribution in [0.25, 0.3) is 66.8 Å². The molecule has 6 aliphatic rings. The highest BCUT2D eigenvalue weighted by Crippen LogP contribution is 2.51. The van der Waals surface area contributed by atoms with E-state index in [0.717, 1.165) is 0 Å². The van der Waals surface area contributed by atoms with E-state index in [1.807, 2.05) is 0 Å². The standard InChI is InChI=1S/C81H63NSi3/c1-46-34-49(4)76(50(5)35-46)55-40-70-79-71(41-55)84(66-30-18-12-24-60(66)61-25-13-19-31-67(61)84)73-43-57(78-53(8)38-48(3)39-54(78)9)45-75-81(73)82(79)80-72(83(70)64-28-16-10-22-58(64)59-23-11-17-29-65(59)83)42-56(77-51(6)36-47(2)37-52(77)7)44-74(80)85(75)68-32-20-14-26-62(68)63-27-15-21-33-69(63)85/h10-45H,1-9H3. The van der Waals surface area contributed by atoms with Gasteiger partial charge in [0.25, 0.3) is 0 Å². The van der Waals surface area contributed by atoms with Gasteiger partial charge >= 0.3 is 0 Å². The van der Waals surface area contributed by atoms with Gasteiger partial charge in [-0.1, -0.05) is 235 Å². The average molecular weight is 1130 g/mol.